The van der Waals surface area contributed by atoms with E-state index in [1.807, 2.05) is 12.1 Å². The molecule has 0 fully saturated rings. The van der Waals surface area contributed by atoms with Gasteiger partial charge in [0.2, 0.25) is 0 Å². The fourth-order valence-electron chi connectivity index (χ4n) is 1.30. The number of ether oxygens (including phenoxy) is 1. The van der Waals surface area contributed by atoms with E-state index in [4.69, 9.17) is 0 Å². The monoisotopic (exact) mass is 228 g/mol. The van der Waals surface area contributed by atoms with Gasteiger partial charge in [-0.3, -0.25) is 4.79 Å². The number of methoxy groups -OCH3 is 1. The standard InChI is InChI=1S/C11H16O3S/c1-4-8-5-6-9(15-8)10(12)7(2)11(13)14-3/h5-7,10,12H,4H2,1-3H3. The van der Waals surface area contributed by atoms with Crippen LogP contribution in [0.1, 0.15) is 29.7 Å². The molecule has 3 nitrogen and oxygen atoms in total. The van der Waals surface area contributed by atoms with Gasteiger partial charge in [-0.1, -0.05) is 6.92 Å². The third-order valence-electron chi connectivity index (χ3n) is 2.37. The van der Waals surface area contributed by atoms with Crippen LogP contribution in [0.4, 0.5) is 0 Å². The maximum Gasteiger partial charge on any atom is 0.311 e. The van der Waals surface area contributed by atoms with Gasteiger partial charge in [-0.15, -0.1) is 11.3 Å². The summed E-state index contributed by atoms with van der Waals surface area (Å²) in [4.78, 5) is 13.3. The van der Waals surface area contributed by atoms with Crippen molar-refractivity contribution in [2.75, 3.05) is 7.11 Å². The second kappa shape index (κ2) is 5.28. The molecule has 84 valence electrons. The first-order chi connectivity index (χ1) is 7.10. The number of carbonyl (C=O) groups excluding carboxylic acids is 1. The van der Waals surface area contributed by atoms with E-state index in [2.05, 4.69) is 11.7 Å². The van der Waals surface area contributed by atoms with Gasteiger partial charge in [0, 0.05) is 9.75 Å². The first kappa shape index (κ1) is 12.2. The summed E-state index contributed by atoms with van der Waals surface area (Å²) in [6.07, 6.45) is 0.187. The average Bonchev–Trinajstić information content (AvgIpc) is 2.74. The molecule has 0 aliphatic heterocycles. The van der Waals surface area contributed by atoms with Crippen LogP contribution in [-0.4, -0.2) is 18.2 Å². The normalized spacial score (nSPS) is 14.7. The van der Waals surface area contributed by atoms with Gasteiger partial charge in [-0.05, 0) is 25.5 Å². The van der Waals surface area contributed by atoms with Crippen molar-refractivity contribution in [3.63, 3.8) is 0 Å². The van der Waals surface area contributed by atoms with Crippen LogP contribution in [0.25, 0.3) is 0 Å². The zero-order chi connectivity index (χ0) is 11.4. The summed E-state index contributed by atoms with van der Waals surface area (Å²) >= 11 is 1.54. The number of esters is 1. The number of thiophene rings is 1. The van der Waals surface area contributed by atoms with Gasteiger partial charge in [0.05, 0.1) is 13.0 Å². The van der Waals surface area contributed by atoms with Gasteiger partial charge < -0.3 is 9.84 Å². The van der Waals surface area contributed by atoms with Gasteiger partial charge in [-0.2, -0.15) is 0 Å². The molecule has 1 N–H and O–H groups in total. The van der Waals surface area contributed by atoms with Crippen molar-refractivity contribution in [2.24, 2.45) is 5.92 Å². The van der Waals surface area contributed by atoms with E-state index in [9.17, 15) is 9.90 Å². The summed E-state index contributed by atoms with van der Waals surface area (Å²) in [5.41, 5.74) is 0. The number of aliphatic hydroxyl groups excluding tert-OH is 1. The zero-order valence-corrected chi connectivity index (χ0v) is 10.0. The lowest BCUT2D eigenvalue weighted by Crippen LogP contribution is -2.19. The van der Waals surface area contributed by atoms with Crippen LogP contribution in [-0.2, 0) is 16.0 Å². The van der Waals surface area contributed by atoms with E-state index in [1.54, 1.807) is 6.92 Å². The maximum atomic E-state index is 11.2. The first-order valence-corrected chi connectivity index (χ1v) is 5.76. The molecule has 1 aromatic heterocycles. The van der Waals surface area contributed by atoms with E-state index in [1.165, 1.54) is 23.3 Å². The Morgan fingerprint density at radius 2 is 2.27 bits per heavy atom. The molecule has 1 rings (SSSR count). The lowest BCUT2D eigenvalue weighted by molar-refractivity contribution is -0.148. The third-order valence-corrected chi connectivity index (χ3v) is 3.67. The quantitative estimate of drug-likeness (QED) is 0.803. The summed E-state index contributed by atoms with van der Waals surface area (Å²) in [5.74, 6) is -0.896. The predicted octanol–water partition coefficient (Wildman–Crippen LogP) is 2.15. The van der Waals surface area contributed by atoms with E-state index in [-0.39, 0.29) is 5.97 Å². The molecule has 1 aromatic rings. The Morgan fingerprint density at radius 3 is 2.73 bits per heavy atom. The minimum absolute atomic E-state index is 0.381. The van der Waals surface area contributed by atoms with Crippen molar-refractivity contribution in [3.8, 4) is 0 Å². The summed E-state index contributed by atoms with van der Waals surface area (Å²) in [5, 5.41) is 9.91. The smallest absolute Gasteiger partial charge is 0.311 e. The first-order valence-electron chi connectivity index (χ1n) is 4.94. The molecule has 1 heterocycles. The Bertz CT molecular complexity index is 332. The second-order valence-corrected chi connectivity index (χ2v) is 4.61. The Labute approximate surface area is 93.7 Å². The Kier molecular flexibility index (Phi) is 4.29. The van der Waals surface area contributed by atoms with Crippen LogP contribution >= 0.6 is 11.3 Å². The average molecular weight is 228 g/mol. The third kappa shape index (κ3) is 2.79. The molecule has 0 bridgehead atoms. The molecule has 0 saturated carbocycles. The van der Waals surface area contributed by atoms with Crippen LogP contribution in [0, 0.1) is 5.92 Å². The van der Waals surface area contributed by atoms with Crippen LogP contribution in [0.3, 0.4) is 0 Å². The van der Waals surface area contributed by atoms with Crippen LogP contribution < -0.4 is 0 Å². The molecule has 2 atom stereocenters. The Balaban J connectivity index is 2.75. The van der Waals surface area contributed by atoms with Gasteiger partial charge >= 0.3 is 5.97 Å². The number of rotatable bonds is 4. The molecule has 0 spiro atoms. The number of aryl methyl sites for hydroxylation is 1. The highest BCUT2D eigenvalue weighted by molar-refractivity contribution is 7.12. The number of hydrogen-bond acceptors (Lipinski definition) is 4. The Hall–Kier alpha value is -0.870. The number of aliphatic hydroxyl groups is 1. The summed E-state index contributed by atoms with van der Waals surface area (Å²) < 4.78 is 4.59. The lowest BCUT2D eigenvalue weighted by Gasteiger charge is -2.14. The summed E-state index contributed by atoms with van der Waals surface area (Å²) in [6.45, 7) is 3.73. The molecule has 0 radical (unpaired) electrons. The minimum Gasteiger partial charge on any atom is -0.469 e. The minimum atomic E-state index is -0.761. The highest BCUT2D eigenvalue weighted by atomic mass is 32.1. The van der Waals surface area contributed by atoms with Crippen molar-refractivity contribution < 1.29 is 14.6 Å². The van der Waals surface area contributed by atoms with Crippen LogP contribution in [0.2, 0.25) is 0 Å². The summed E-state index contributed by atoms with van der Waals surface area (Å²) in [7, 11) is 1.33. The fourth-order valence-corrected chi connectivity index (χ4v) is 2.35. The van der Waals surface area contributed by atoms with Crippen molar-refractivity contribution in [1.29, 1.82) is 0 Å². The predicted molar refractivity (Wildman–Crippen MR) is 59.8 cm³/mol. The van der Waals surface area contributed by atoms with Gasteiger partial charge in [0.1, 0.15) is 6.10 Å². The van der Waals surface area contributed by atoms with Crippen molar-refractivity contribution in [1.82, 2.24) is 0 Å². The van der Waals surface area contributed by atoms with Crippen LogP contribution in [0.5, 0.6) is 0 Å². The van der Waals surface area contributed by atoms with Crippen molar-refractivity contribution >= 4 is 17.3 Å². The molecule has 2 unspecified atom stereocenters. The highest BCUT2D eigenvalue weighted by Crippen LogP contribution is 2.29. The molecule has 0 aromatic carbocycles. The van der Waals surface area contributed by atoms with E-state index in [0.717, 1.165) is 11.3 Å². The topological polar surface area (TPSA) is 46.5 Å². The molecule has 4 heteroatoms. The molecular weight excluding hydrogens is 212 g/mol. The fraction of sp³-hybridized carbons (Fsp3) is 0.545. The van der Waals surface area contributed by atoms with Gasteiger partial charge in [-0.25, -0.2) is 0 Å². The second-order valence-electron chi connectivity index (χ2n) is 3.41. The van der Waals surface area contributed by atoms with Crippen molar-refractivity contribution in [3.05, 3.63) is 21.9 Å². The summed E-state index contributed by atoms with van der Waals surface area (Å²) in [6, 6.07) is 3.85. The van der Waals surface area contributed by atoms with Gasteiger partial charge in [0.15, 0.2) is 0 Å². The number of hydrogen-bond donors (Lipinski definition) is 1. The van der Waals surface area contributed by atoms with Crippen molar-refractivity contribution in [2.45, 2.75) is 26.4 Å². The Morgan fingerprint density at radius 1 is 1.60 bits per heavy atom. The lowest BCUT2D eigenvalue weighted by atomic mass is 10.0. The molecule has 0 aliphatic carbocycles. The largest absolute Gasteiger partial charge is 0.469 e. The maximum absolute atomic E-state index is 11.2. The van der Waals surface area contributed by atoms with E-state index >= 15 is 0 Å². The van der Waals surface area contributed by atoms with E-state index < -0.39 is 12.0 Å². The van der Waals surface area contributed by atoms with Gasteiger partial charge in [0.25, 0.3) is 0 Å². The molecule has 0 aliphatic rings. The van der Waals surface area contributed by atoms with E-state index in [0.29, 0.717) is 0 Å². The molecule has 15 heavy (non-hydrogen) atoms. The zero-order valence-electron chi connectivity index (χ0n) is 9.19. The molecular formula is C11H16O3S. The molecule has 0 saturated heterocycles. The highest BCUT2D eigenvalue weighted by Gasteiger charge is 2.25. The molecule has 0 amide bonds. The number of carbonyl (C=O) groups is 1. The SMILES string of the molecule is CCc1ccc(C(O)C(C)C(=O)OC)s1. The van der Waals surface area contributed by atoms with Crippen LogP contribution in [0.15, 0.2) is 12.1 Å².